The van der Waals surface area contributed by atoms with Crippen LogP contribution in [0.15, 0.2) is 5.16 Å². The molecule has 1 atom stereocenters. The average Bonchev–Trinajstić information content (AvgIpc) is 2.18. The monoisotopic (exact) mass is 157 g/mol. The molecule has 60 valence electrons. The summed E-state index contributed by atoms with van der Waals surface area (Å²) in [5, 5.41) is 11.7. The van der Waals surface area contributed by atoms with Crippen LogP contribution in [0.3, 0.4) is 0 Å². The van der Waals surface area contributed by atoms with Gasteiger partial charge in [0, 0.05) is 0 Å². The lowest BCUT2D eigenvalue weighted by Gasteiger charge is -1.99. The molecule has 0 radical (unpaired) electrons. The zero-order valence-corrected chi connectivity index (χ0v) is 5.90. The number of rotatable bonds is 2. The van der Waals surface area contributed by atoms with Crippen LogP contribution in [0.2, 0.25) is 0 Å². The SMILES string of the molecule is CC1=NOC(=O)[C@H]1CC(=O)O. The van der Waals surface area contributed by atoms with Crippen molar-refractivity contribution in [3.05, 3.63) is 0 Å². The second-order valence-electron chi connectivity index (χ2n) is 2.29. The van der Waals surface area contributed by atoms with E-state index in [1.54, 1.807) is 6.92 Å². The molecule has 1 rings (SSSR count). The van der Waals surface area contributed by atoms with Crippen LogP contribution in [-0.2, 0) is 14.4 Å². The largest absolute Gasteiger partial charge is 0.481 e. The molecule has 0 aromatic carbocycles. The van der Waals surface area contributed by atoms with Gasteiger partial charge in [0.2, 0.25) is 0 Å². The first kappa shape index (κ1) is 7.71. The Morgan fingerprint density at radius 3 is 2.82 bits per heavy atom. The zero-order chi connectivity index (χ0) is 8.43. The molecular weight excluding hydrogens is 150 g/mol. The van der Waals surface area contributed by atoms with Gasteiger partial charge >= 0.3 is 11.9 Å². The van der Waals surface area contributed by atoms with Gasteiger partial charge in [-0.1, -0.05) is 5.16 Å². The van der Waals surface area contributed by atoms with Crippen molar-refractivity contribution >= 4 is 17.7 Å². The van der Waals surface area contributed by atoms with Gasteiger partial charge in [0.1, 0.15) is 5.92 Å². The van der Waals surface area contributed by atoms with Crippen LogP contribution < -0.4 is 0 Å². The van der Waals surface area contributed by atoms with Gasteiger partial charge in [-0.3, -0.25) is 4.79 Å². The molecule has 0 aromatic rings. The number of oxime groups is 1. The lowest BCUT2D eigenvalue weighted by molar-refractivity contribution is -0.148. The number of nitrogens with zero attached hydrogens (tertiary/aromatic N) is 1. The summed E-state index contributed by atoms with van der Waals surface area (Å²) in [7, 11) is 0. The normalized spacial score (nSPS) is 22.8. The summed E-state index contributed by atoms with van der Waals surface area (Å²) in [5.74, 6) is -2.29. The van der Waals surface area contributed by atoms with Crippen molar-refractivity contribution in [2.24, 2.45) is 11.1 Å². The predicted molar refractivity (Wildman–Crippen MR) is 34.9 cm³/mol. The smallest absolute Gasteiger partial charge is 0.344 e. The predicted octanol–water partition coefficient (Wildman–Crippen LogP) is 0.0100. The first-order chi connectivity index (χ1) is 5.11. The zero-order valence-electron chi connectivity index (χ0n) is 5.90. The molecule has 0 aromatic heterocycles. The molecule has 1 N–H and O–H groups in total. The number of hydrogen-bond acceptors (Lipinski definition) is 4. The molecule has 1 heterocycles. The van der Waals surface area contributed by atoms with Crippen molar-refractivity contribution in [3.8, 4) is 0 Å². The molecule has 0 spiro atoms. The molecule has 0 fully saturated rings. The third-order valence-corrected chi connectivity index (χ3v) is 1.45. The third-order valence-electron chi connectivity index (χ3n) is 1.45. The number of hydrogen-bond donors (Lipinski definition) is 1. The van der Waals surface area contributed by atoms with E-state index in [0.717, 1.165) is 0 Å². The van der Waals surface area contributed by atoms with Crippen LogP contribution in [0.1, 0.15) is 13.3 Å². The van der Waals surface area contributed by atoms with Crippen molar-refractivity contribution in [1.29, 1.82) is 0 Å². The van der Waals surface area contributed by atoms with Crippen molar-refractivity contribution in [1.82, 2.24) is 0 Å². The van der Waals surface area contributed by atoms with Crippen molar-refractivity contribution in [3.63, 3.8) is 0 Å². The standard InChI is InChI=1S/C6H7NO4/c1-3-4(2-5(8)9)6(10)11-7-3/h4H,2H2,1H3,(H,8,9)/t4-/m0/s1. The van der Waals surface area contributed by atoms with Crippen LogP contribution in [-0.4, -0.2) is 22.8 Å². The number of carbonyl (C=O) groups is 2. The first-order valence-corrected chi connectivity index (χ1v) is 3.08. The summed E-state index contributed by atoms with van der Waals surface area (Å²) < 4.78 is 0. The van der Waals surface area contributed by atoms with Gasteiger partial charge in [-0.25, -0.2) is 4.79 Å². The molecule has 0 saturated carbocycles. The van der Waals surface area contributed by atoms with Crippen LogP contribution >= 0.6 is 0 Å². The van der Waals surface area contributed by atoms with Gasteiger partial charge in [-0.05, 0) is 6.92 Å². The summed E-state index contributed by atoms with van der Waals surface area (Å²) in [6, 6.07) is 0. The highest BCUT2D eigenvalue weighted by molar-refractivity contribution is 6.05. The molecule has 0 saturated heterocycles. The Bertz CT molecular complexity index is 233. The van der Waals surface area contributed by atoms with E-state index in [-0.39, 0.29) is 6.42 Å². The molecule has 11 heavy (non-hydrogen) atoms. The number of aliphatic carboxylic acids is 1. The van der Waals surface area contributed by atoms with Crippen molar-refractivity contribution < 1.29 is 19.5 Å². The van der Waals surface area contributed by atoms with E-state index in [1.165, 1.54) is 0 Å². The Balaban J connectivity index is 2.63. The van der Waals surface area contributed by atoms with Gasteiger partial charge in [0.25, 0.3) is 0 Å². The maximum atomic E-state index is 10.7. The van der Waals surface area contributed by atoms with E-state index in [1.807, 2.05) is 0 Å². The van der Waals surface area contributed by atoms with E-state index >= 15 is 0 Å². The van der Waals surface area contributed by atoms with E-state index in [9.17, 15) is 9.59 Å². The van der Waals surface area contributed by atoms with E-state index in [2.05, 4.69) is 9.99 Å². The number of carboxylic acids is 1. The Labute approximate surface area is 62.6 Å². The molecular formula is C6H7NO4. The van der Waals surface area contributed by atoms with Crippen LogP contribution in [0.5, 0.6) is 0 Å². The molecule has 1 aliphatic heterocycles. The lowest BCUT2D eigenvalue weighted by Crippen LogP contribution is -2.19. The topological polar surface area (TPSA) is 76.0 Å². The van der Waals surface area contributed by atoms with Gasteiger partial charge in [0.15, 0.2) is 0 Å². The summed E-state index contributed by atoms with van der Waals surface area (Å²) in [4.78, 5) is 25.2. The first-order valence-electron chi connectivity index (χ1n) is 3.08. The minimum absolute atomic E-state index is 0.242. The maximum Gasteiger partial charge on any atom is 0.344 e. The number of carbonyl (C=O) groups excluding carboxylic acids is 1. The van der Waals surface area contributed by atoms with Gasteiger partial charge < -0.3 is 9.94 Å². The second kappa shape index (κ2) is 2.69. The second-order valence-corrected chi connectivity index (χ2v) is 2.29. The molecule has 5 heteroatoms. The average molecular weight is 157 g/mol. The molecule has 0 aliphatic carbocycles. The summed E-state index contributed by atoms with van der Waals surface area (Å²) >= 11 is 0. The Morgan fingerprint density at radius 2 is 2.45 bits per heavy atom. The van der Waals surface area contributed by atoms with Crippen LogP contribution in [0.4, 0.5) is 0 Å². The number of carboxylic acid groups (broad SMARTS) is 1. The minimum Gasteiger partial charge on any atom is -0.481 e. The molecule has 1 aliphatic rings. The van der Waals surface area contributed by atoms with E-state index in [0.29, 0.717) is 5.71 Å². The quantitative estimate of drug-likeness (QED) is 0.573. The van der Waals surface area contributed by atoms with Gasteiger partial charge in [-0.2, -0.15) is 0 Å². The highest BCUT2D eigenvalue weighted by Crippen LogP contribution is 2.15. The Hall–Kier alpha value is -1.39. The minimum atomic E-state index is -1.02. The van der Waals surface area contributed by atoms with Crippen LogP contribution in [0.25, 0.3) is 0 Å². The van der Waals surface area contributed by atoms with Gasteiger partial charge in [0.05, 0.1) is 12.1 Å². The van der Waals surface area contributed by atoms with E-state index in [4.69, 9.17) is 5.11 Å². The summed E-state index contributed by atoms with van der Waals surface area (Å²) in [6.45, 7) is 1.57. The molecule has 0 amide bonds. The fourth-order valence-corrected chi connectivity index (χ4v) is 0.820. The molecule has 0 unspecified atom stereocenters. The summed E-state index contributed by atoms with van der Waals surface area (Å²) in [5.41, 5.74) is 0.428. The fraction of sp³-hybridized carbons (Fsp3) is 0.500. The maximum absolute atomic E-state index is 10.7. The third kappa shape index (κ3) is 1.54. The Kier molecular flexibility index (Phi) is 1.89. The van der Waals surface area contributed by atoms with Gasteiger partial charge in [-0.15, -0.1) is 0 Å². The van der Waals surface area contributed by atoms with Crippen molar-refractivity contribution in [2.45, 2.75) is 13.3 Å². The summed E-state index contributed by atoms with van der Waals surface area (Å²) in [6.07, 6.45) is -0.242. The molecule has 0 bridgehead atoms. The highest BCUT2D eigenvalue weighted by Gasteiger charge is 2.31. The van der Waals surface area contributed by atoms with Crippen LogP contribution in [0, 0.1) is 5.92 Å². The van der Waals surface area contributed by atoms with E-state index < -0.39 is 17.9 Å². The fourth-order valence-electron chi connectivity index (χ4n) is 0.820. The van der Waals surface area contributed by atoms with Crippen molar-refractivity contribution in [2.75, 3.05) is 0 Å². The lowest BCUT2D eigenvalue weighted by atomic mass is 10.0. The Morgan fingerprint density at radius 1 is 1.82 bits per heavy atom. The molecule has 5 nitrogen and oxygen atoms in total. The highest BCUT2D eigenvalue weighted by atomic mass is 16.7.